The lowest BCUT2D eigenvalue weighted by atomic mass is 9.91. The second-order valence-electron chi connectivity index (χ2n) is 8.80. The van der Waals surface area contributed by atoms with Crippen LogP contribution in [0.2, 0.25) is 0 Å². The SMILES string of the molecule is COc1ccccc1N1CCN(C(=O)c2cn3c(n2)CC[C@H](c2cccc(C)c2)C3)CC1. The monoisotopic (exact) mass is 430 g/mol. The molecule has 0 bridgehead atoms. The van der Waals surface area contributed by atoms with Gasteiger partial charge in [-0.1, -0.05) is 42.0 Å². The van der Waals surface area contributed by atoms with Crippen molar-refractivity contribution in [1.82, 2.24) is 14.5 Å². The number of hydrogen-bond acceptors (Lipinski definition) is 4. The van der Waals surface area contributed by atoms with Crippen LogP contribution in [0.3, 0.4) is 0 Å². The third-order valence-corrected chi connectivity index (χ3v) is 6.72. The molecule has 0 radical (unpaired) electrons. The summed E-state index contributed by atoms with van der Waals surface area (Å²) in [4.78, 5) is 22.1. The lowest BCUT2D eigenvalue weighted by Gasteiger charge is -2.36. The Labute approximate surface area is 189 Å². The van der Waals surface area contributed by atoms with E-state index in [-0.39, 0.29) is 5.91 Å². The Balaban J connectivity index is 1.25. The summed E-state index contributed by atoms with van der Waals surface area (Å²) in [5, 5.41) is 0. The number of benzene rings is 2. The van der Waals surface area contributed by atoms with E-state index in [1.165, 1.54) is 11.1 Å². The van der Waals surface area contributed by atoms with Crippen molar-refractivity contribution in [1.29, 1.82) is 0 Å². The molecule has 1 aromatic heterocycles. The van der Waals surface area contributed by atoms with Crippen molar-refractivity contribution in [3.05, 3.63) is 77.4 Å². The summed E-state index contributed by atoms with van der Waals surface area (Å²) in [5.74, 6) is 2.42. The van der Waals surface area contributed by atoms with Gasteiger partial charge in [0.25, 0.3) is 5.91 Å². The van der Waals surface area contributed by atoms with Gasteiger partial charge in [0.1, 0.15) is 17.3 Å². The fraction of sp³-hybridized carbons (Fsp3) is 0.385. The summed E-state index contributed by atoms with van der Waals surface area (Å²) < 4.78 is 7.69. The minimum absolute atomic E-state index is 0.0404. The van der Waals surface area contributed by atoms with E-state index in [2.05, 4.69) is 46.7 Å². The van der Waals surface area contributed by atoms with E-state index < -0.39 is 0 Å². The average molecular weight is 431 g/mol. The molecule has 2 aliphatic rings. The van der Waals surface area contributed by atoms with Gasteiger partial charge in [-0.25, -0.2) is 4.98 Å². The molecule has 0 saturated carbocycles. The van der Waals surface area contributed by atoms with Crippen molar-refractivity contribution in [2.24, 2.45) is 0 Å². The first kappa shape index (κ1) is 20.6. The van der Waals surface area contributed by atoms with E-state index >= 15 is 0 Å². The third kappa shape index (κ3) is 3.97. The molecule has 1 amide bonds. The summed E-state index contributed by atoms with van der Waals surface area (Å²) in [6.45, 7) is 5.97. The topological polar surface area (TPSA) is 50.6 Å². The molecular weight excluding hydrogens is 400 g/mol. The number of carbonyl (C=O) groups excluding carboxylic acids is 1. The van der Waals surface area contributed by atoms with Crippen molar-refractivity contribution < 1.29 is 9.53 Å². The number of aryl methyl sites for hydroxylation is 2. The van der Waals surface area contributed by atoms with Crippen LogP contribution in [-0.2, 0) is 13.0 Å². The number of carbonyl (C=O) groups is 1. The highest BCUT2D eigenvalue weighted by atomic mass is 16.5. The van der Waals surface area contributed by atoms with Crippen LogP contribution in [0.5, 0.6) is 5.75 Å². The number of nitrogens with zero attached hydrogens (tertiary/aromatic N) is 4. The standard InChI is InChI=1S/C26H30N4O2/c1-19-6-5-7-20(16-19)21-10-11-25-27-22(18-30(25)17-21)26(31)29-14-12-28(13-15-29)23-8-3-4-9-24(23)32-2/h3-9,16,18,21H,10-15,17H2,1-2H3/t21-/m0/s1. The molecule has 2 aliphatic heterocycles. The molecule has 1 fully saturated rings. The van der Waals surface area contributed by atoms with Crippen LogP contribution in [0, 0.1) is 6.92 Å². The maximum atomic E-state index is 13.2. The lowest BCUT2D eigenvalue weighted by molar-refractivity contribution is 0.0741. The Morgan fingerprint density at radius 3 is 2.66 bits per heavy atom. The zero-order valence-corrected chi connectivity index (χ0v) is 18.8. The van der Waals surface area contributed by atoms with Crippen LogP contribution in [0.4, 0.5) is 5.69 Å². The smallest absolute Gasteiger partial charge is 0.274 e. The highest BCUT2D eigenvalue weighted by Crippen LogP contribution is 2.30. The van der Waals surface area contributed by atoms with Crippen molar-refractivity contribution in [2.45, 2.75) is 32.2 Å². The Kier molecular flexibility index (Phi) is 5.60. The predicted molar refractivity (Wildman–Crippen MR) is 126 cm³/mol. The Hall–Kier alpha value is -3.28. The van der Waals surface area contributed by atoms with Gasteiger partial charge in [0.2, 0.25) is 0 Å². The predicted octanol–water partition coefficient (Wildman–Crippen LogP) is 3.89. The van der Waals surface area contributed by atoms with E-state index in [0.29, 0.717) is 24.7 Å². The molecule has 6 heteroatoms. The van der Waals surface area contributed by atoms with Gasteiger partial charge < -0.3 is 19.1 Å². The van der Waals surface area contributed by atoms with Crippen LogP contribution >= 0.6 is 0 Å². The maximum Gasteiger partial charge on any atom is 0.274 e. The van der Waals surface area contributed by atoms with E-state index in [4.69, 9.17) is 9.72 Å². The van der Waals surface area contributed by atoms with Crippen molar-refractivity contribution in [3.63, 3.8) is 0 Å². The number of para-hydroxylation sites is 2. The number of rotatable bonds is 4. The molecule has 3 aromatic rings. The van der Waals surface area contributed by atoms with Gasteiger partial charge in [0.15, 0.2) is 0 Å². The van der Waals surface area contributed by atoms with Crippen LogP contribution < -0.4 is 9.64 Å². The Morgan fingerprint density at radius 2 is 1.88 bits per heavy atom. The van der Waals surface area contributed by atoms with Crippen LogP contribution in [0.25, 0.3) is 0 Å². The number of aromatic nitrogens is 2. The molecule has 0 aliphatic carbocycles. The van der Waals surface area contributed by atoms with Gasteiger partial charge in [-0.15, -0.1) is 0 Å². The second kappa shape index (κ2) is 8.69. The van der Waals surface area contributed by atoms with Crippen LogP contribution in [-0.4, -0.2) is 53.6 Å². The number of methoxy groups -OCH3 is 1. The van der Waals surface area contributed by atoms with Crippen LogP contribution in [0.1, 0.15) is 39.8 Å². The average Bonchev–Trinajstić information content (AvgIpc) is 3.27. The van der Waals surface area contributed by atoms with Crippen LogP contribution in [0.15, 0.2) is 54.7 Å². The normalized spacial score (nSPS) is 18.4. The number of amides is 1. The highest BCUT2D eigenvalue weighted by molar-refractivity contribution is 5.92. The van der Waals surface area contributed by atoms with Crippen molar-refractivity contribution in [2.75, 3.05) is 38.2 Å². The quantitative estimate of drug-likeness (QED) is 0.630. The summed E-state index contributed by atoms with van der Waals surface area (Å²) in [5.41, 5.74) is 4.34. The molecule has 6 nitrogen and oxygen atoms in total. The number of piperazine rings is 1. The molecule has 166 valence electrons. The zero-order valence-electron chi connectivity index (χ0n) is 18.8. The molecule has 0 N–H and O–H groups in total. The molecule has 5 rings (SSSR count). The van der Waals surface area contributed by atoms with E-state index in [1.807, 2.05) is 29.3 Å². The third-order valence-electron chi connectivity index (χ3n) is 6.72. The zero-order chi connectivity index (χ0) is 22.1. The summed E-state index contributed by atoms with van der Waals surface area (Å²) in [7, 11) is 1.70. The van der Waals surface area contributed by atoms with Gasteiger partial charge >= 0.3 is 0 Å². The Bertz CT molecular complexity index is 1110. The summed E-state index contributed by atoms with van der Waals surface area (Å²) >= 11 is 0. The number of anilines is 1. The van der Waals surface area contributed by atoms with E-state index in [9.17, 15) is 4.79 Å². The first-order valence-corrected chi connectivity index (χ1v) is 11.4. The Morgan fingerprint density at radius 1 is 1.06 bits per heavy atom. The summed E-state index contributed by atoms with van der Waals surface area (Å²) in [6.07, 6.45) is 3.95. The van der Waals surface area contributed by atoms with Gasteiger partial charge in [-0.2, -0.15) is 0 Å². The second-order valence-corrected chi connectivity index (χ2v) is 8.80. The maximum absolute atomic E-state index is 13.2. The van der Waals surface area contributed by atoms with E-state index in [0.717, 1.165) is 49.7 Å². The van der Waals surface area contributed by atoms with E-state index in [1.54, 1.807) is 7.11 Å². The largest absolute Gasteiger partial charge is 0.495 e. The molecule has 2 aromatic carbocycles. The van der Waals surface area contributed by atoms with Crippen molar-refractivity contribution >= 4 is 11.6 Å². The first-order chi connectivity index (χ1) is 15.6. The molecule has 1 saturated heterocycles. The molecule has 32 heavy (non-hydrogen) atoms. The molecule has 0 unspecified atom stereocenters. The fourth-order valence-corrected chi connectivity index (χ4v) is 4.95. The summed E-state index contributed by atoms with van der Waals surface area (Å²) in [6, 6.07) is 16.8. The van der Waals surface area contributed by atoms with Crippen molar-refractivity contribution in [3.8, 4) is 5.75 Å². The lowest BCUT2D eigenvalue weighted by Crippen LogP contribution is -2.49. The van der Waals surface area contributed by atoms with Gasteiger partial charge in [-0.3, -0.25) is 4.79 Å². The highest BCUT2D eigenvalue weighted by Gasteiger charge is 2.28. The van der Waals surface area contributed by atoms with Gasteiger partial charge in [0.05, 0.1) is 12.8 Å². The molecule has 0 spiro atoms. The fourth-order valence-electron chi connectivity index (χ4n) is 4.95. The number of fused-ring (bicyclic) bond motifs is 1. The number of ether oxygens (including phenoxy) is 1. The van der Waals surface area contributed by atoms with Gasteiger partial charge in [-0.05, 0) is 31.0 Å². The number of imidazole rings is 1. The molecule has 3 heterocycles. The van der Waals surface area contributed by atoms with Gasteiger partial charge in [0, 0.05) is 51.3 Å². The minimum atomic E-state index is 0.0404. The number of hydrogen-bond donors (Lipinski definition) is 0. The minimum Gasteiger partial charge on any atom is -0.495 e. The first-order valence-electron chi connectivity index (χ1n) is 11.4. The molecule has 1 atom stereocenters. The molecular formula is C26H30N4O2.